The van der Waals surface area contributed by atoms with Gasteiger partial charge in [0.05, 0.1) is 0 Å². The first kappa shape index (κ1) is 8.13. The third-order valence-corrected chi connectivity index (χ3v) is 2.22. The molecule has 0 unspecified atom stereocenters. The summed E-state index contributed by atoms with van der Waals surface area (Å²) in [7, 11) is 0. The van der Waals surface area contributed by atoms with Gasteiger partial charge in [-0.05, 0) is 42.6 Å². The smallest absolute Gasteiger partial charge is 0.00600 e. The van der Waals surface area contributed by atoms with E-state index >= 15 is 0 Å². The van der Waals surface area contributed by atoms with Crippen LogP contribution in [0.15, 0.2) is 59.1 Å². The maximum atomic E-state index is 3.21. The van der Waals surface area contributed by atoms with Gasteiger partial charge in [0, 0.05) is 0 Å². The second-order valence-electron chi connectivity index (χ2n) is 3.24. The average molecular weight is 168 g/mol. The third kappa shape index (κ3) is 2.23. The molecule has 0 aromatic carbocycles. The van der Waals surface area contributed by atoms with Gasteiger partial charge in [0.25, 0.3) is 0 Å². The van der Waals surface area contributed by atoms with Gasteiger partial charge < -0.3 is 0 Å². The number of rotatable bonds is 4. The standard InChI is InChI=1S/C13H12/c1-2-7-12(6-1)10-5-11-13-8-3-4-9-13/h1-4,6,8H,5,10-11H2. The molecule has 0 spiro atoms. The SMILES string of the molecule is C1=CC=CC=1CCCC1=C=CC=C1. The Balaban J connectivity index is 1.75. The first-order chi connectivity index (χ1) is 6.45. The first-order valence-electron chi connectivity index (χ1n) is 4.70. The summed E-state index contributed by atoms with van der Waals surface area (Å²) in [4.78, 5) is 0. The lowest BCUT2D eigenvalue weighted by Crippen LogP contribution is -1.79. The predicted molar refractivity (Wildman–Crippen MR) is 55.3 cm³/mol. The van der Waals surface area contributed by atoms with Crippen LogP contribution in [0.1, 0.15) is 19.3 Å². The minimum Gasteiger partial charge on any atom is -0.117 e. The van der Waals surface area contributed by atoms with E-state index in [-0.39, 0.29) is 0 Å². The van der Waals surface area contributed by atoms with Gasteiger partial charge in [0.2, 0.25) is 0 Å². The van der Waals surface area contributed by atoms with E-state index in [1.165, 1.54) is 17.6 Å². The highest BCUT2D eigenvalue weighted by Crippen LogP contribution is 2.16. The Morgan fingerprint density at radius 3 is 1.77 bits per heavy atom. The molecule has 0 heteroatoms. The molecule has 0 atom stereocenters. The minimum atomic E-state index is 1.13. The van der Waals surface area contributed by atoms with E-state index in [2.05, 4.69) is 23.6 Å². The van der Waals surface area contributed by atoms with Gasteiger partial charge in [-0.2, -0.15) is 0 Å². The van der Waals surface area contributed by atoms with E-state index in [4.69, 9.17) is 0 Å². The van der Waals surface area contributed by atoms with E-state index in [9.17, 15) is 0 Å². The van der Waals surface area contributed by atoms with Crippen LogP contribution in [0, 0.1) is 0 Å². The summed E-state index contributed by atoms with van der Waals surface area (Å²) in [5.41, 5.74) is 9.07. The van der Waals surface area contributed by atoms with Gasteiger partial charge >= 0.3 is 0 Å². The van der Waals surface area contributed by atoms with E-state index in [0.29, 0.717) is 0 Å². The molecule has 0 aliphatic heterocycles. The van der Waals surface area contributed by atoms with Crippen molar-refractivity contribution < 1.29 is 0 Å². The number of hydrogen-bond acceptors (Lipinski definition) is 0. The summed E-state index contributed by atoms with van der Waals surface area (Å²) in [5, 5.41) is 0. The minimum absolute atomic E-state index is 1.13. The lowest BCUT2D eigenvalue weighted by atomic mass is 10.1. The van der Waals surface area contributed by atoms with Crippen molar-refractivity contribution in [2.24, 2.45) is 0 Å². The fraction of sp³-hybridized carbons (Fsp3) is 0.231. The Morgan fingerprint density at radius 2 is 1.38 bits per heavy atom. The normalized spacial score (nSPS) is 16.9. The molecular weight excluding hydrogens is 156 g/mol. The summed E-state index contributed by atoms with van der Waals surface area (Å²) in [6.07, 6.45) is 15.8. The van der Waals surface area contributed by atoms with Crippen molar-refractivity contribution in [1.29, 1.82) is 0 Å². The van der Waals surface area contributed by atoms with E-state index < -0.39 is 0 Å². The molecular formula is C13H12. The van der Waals surface area contributed by atoms with Crippen molar-refractivity contribution in [3.63, 3.8) is 0 Å². The third-order valence-electron chi connectivity index (χ3n) is 2.22. The highest BCUT2D eigenvalue weighted by atomic mass is 14.0. The van der Waals surface area contributed by atoms with Crippen LogP contribution >= 0.6 is 0 Å². The van der Waals surface area contributed by atoms with Gasteiger partial charge in [-0.25, -0.2) is 0 Å². The van der Waals surface area contributed by atoms with Crippen molar-refractivity contribution in [3.8, 4) is 0 Å². The fourth-order valence-corrected chi connectivity index (χ4v) is 1.52. The van der Waals surface area contributed by atoms with Crippen LogP contribution in [0.4, 0.5) is 0 Å². The largest absolute Gasteiger partial charge is 0.117 e. The Morgan fingerprint density at radius 1 is 0.846 bits per heavy atom. The quantitative estimate of drug-likeness (QED) is 0.564. The molecule has 0 bridgehead atoms. The topological polar surface area (TPSA) is 0 Å². The maximum Gasteiger partial charge on any atom is -0.00600 e. The highest BCUT2D eigenvalue weighted by molar-refractivity contribution is 5.30. The molecule has 0 N–H and O–H groups in total. The van der Waals surface area contributed by atoms with Gasteiger partial charge in [-0.3, -0.25) is 0 Å². The number of allylic oxidation sites excluding steroid dienone is 6. The van der Waals surface area contributed by atoms with Crippen LogP contribution in [0.2, 0.25) is 0 Å². The molecule has 64 valence electrons. The highest BCUT2D eigenvalue weighted by Gasteiger charge is 1.98. The predicted octanol–water partition coefficient (Wildman–Crippen LogP) is 3.46. The van der Waals surface area contributed by atoms with Crippen molar-refractivity contribution in [2.75, 3.05) is 0 Å². The molecule has 0 heterocycles. The van der Waals surface area contributed by atoms with Crippen LogP contribution in [0.3, 0.4) is 0 Å². The van der Waals surface area contributed by atoms with E-state index in [1.54, 1.807) is 0 Å². The lowest BCUT2D eigenvalue weighted by Gasteiger charge is -1.97. The lowest BCUT2D eigenvalue weighted by molar-refractivity contribution is 0.831. The molecule has 0 aromatic heterocycles. The monoisotopic (exact) mass is 168 g/mol. The van der Waals surface area contributed by atoms with Gasteiger partial charge in [0.15, 0.2) is 0 Å². The molecule has 2 aliphatic rings. The Labute approximate surface area is 79.0 Å². The van der Waals surface area contributed by atoms with Gasteiger partial charge in [-0.1, -0.05) is 24.3 Å². The van der Waals surface area contributed by atoms with Crippen molar-refractivity contribution in [1.82, 2.24) is 0 Å². The molecule has 2 rings (SSSR count). The molecule has 2 aliphatic carbocycles. The molecule has 0 saturated carbocycles. The fourth-order valence-electron chi connectivity index (χ4n) is 1.52. The first-order valence-corrected chi connectivity index (χ1v) is 4.70. The Hall–Kier alpha value is -1.48. The zero-order valence-corrected chi connectivity index (χ0v) is 7.59. The van der Waals surface area contributed by atoms with Crippen LogP contribution in [0.5, 0.6) is 0 Å². The van der Waals surface area contributed by atoms with Crippen molar-refractivity contribution in [3.05, 3.63) is 59.1 Å². The van der Waals surface area contributed by atoms with E-state index in [1.807, 2.05) is 24.3 Å². The molecule has 0 aromatic rings. The molecule has 0 saturated heterocycles. The molecule has 0 radical (unpaired) electrons. The summed E-state index contributed by atoms with van der Waals surface area (Å²) in [6.45, 7) is 0. The zero-order chi connectivity index (χ0) is 8.93. The summed E-state index contributed by atoms with van der Waals surface area (Å²) in [6, 6.07) is 0. The van der Waals surface area contributed by atoms with Gasteiger partial charge in [0.1, 0.15) is 0 Å². The Bertz CT molecular complexity index is 338. The van der Waals surface area contributed by atoms with Crippen LogP contribution in [-0.4, -0.2) is 0 Å². The second kappa shape index (κ2) is 3.96. The summed E-state index contributed by atoms with van der Waals surface area (Å²) >= 11 is 0. The summed E-state index contributed by atoms with van der Waals surface area (Å²) < 4.78 is 0. The molecule has 0 amide bonds. The molecule has 0 fully saturated rings. The van der Waals surface area contributed by atoms with Crippen molar-refractivity contribution in [2.45, 2.75) is 19.3 Å². The van der Waals surface area contributed by atoms with Crippen LogP contribution in [-0.2, 0) is 0 Å². The number of hydrogen-bond donors (Lipinski definition) is 0. The average Bonchev–Trinajstić information content (AvgIpc) is 2.75. The van der Waals surface area contributed by atoms with Crippen LogP contribution < -0.4 is 0 Å². The Kier molecular flexibility index (Phi) is 2.48. The maximum absolute atomic E-state index is 3.21. The summed E-state index contributed by atoms with van der Waals surface area (Å²) in [5.74, 6) is 0. The van der Waals surface area contributed by atoms with Gasteiger partial charge in [-0.15, -0.1) is 11.5 Å². The molecule has 13 heavy (non-hydrogen) atoms. The van der Waals surface area contributed by atoms with E-state index in [0.717, 1.165) is 12.8 Å². The van der Waals surface area contributed by atoms with Crippen LogP contribution in [0.25, 0.3) is 0 Å². The zero-order valence-electron chi connectivity index (χ0n) is 7.59. The van der Waals surface area contributed by atoms with Crippen molar-refractivity contribution >= 4 is 0 Å². The second-order valence-corrected chi connectivity index (χ2v) is 3.24. The molecule has 0 nitrogen and oxygen atoms in total.